The molecule has 136 valence electrons. The molecule has 25 heavy (non-hydrogen) atoms. The van der Waals surface area contributed by atoms with E-state index in [9.17, 15) is 13.2 Å². The Hall–Kier alpha value is -1.66. The normalized spacial score (nSPS) is 13.7. The SMILES string of the molecule is CC(C)SNCC(C)(F)c1ccc(OCc2cc(F)cc(F)c2)cc1. The van der Waals surface area contributed by atoms with Gasteiger partial charge in [-0.25, -0.2) is 13.2 Å². The number of benzene rings is 2. The largest absolute Gasteiger partial charge is 0.489 e. The third-order valence-electron chi connectivity index (χ3n) is 3.51. The van der Waals surface area contributed by atoms with Gasteiger partial charge in [-0.3, -0.25) is 4.72 Å². The van der Waals surface area contributed by atoms with E-state index in [0.29, 0.717) is 22.1 Å². The second-order valence-corrected chi connectivity index (χ2v) is 7.74. The van der Waals surface area contributed by atoms with E-state index in [1.54, 1.807) is 24.3 Å². The van der Waals surface area contributed by atoms with Gasteiger partial charge in [-0.2, -0.15) is 0 Å². The molecular weight excluding hydrogens is 347 g/mol. The highest BCUT2D eigenvalue weighted by Gasteiger charge is 2.25. The molecule has 2 nitrogen and oxygen atoms in total. The molecule has 0 saturated heterocycles. The number of hydrogen-bond acceptors (Lipinski definition) is 3. The zero-order valence-electron chi connectivity index (χ0n) is 14.5. The van der Waals surface area contributed by atoms with Crippen molar-refractivity contribution in [2.45, 2.75) is 38.3 Å². The van der Waals surface area contributed by atoms with Crippen molar-refractivity contribution >= 4 is 11.9 Å². The van der Waals surface area contributed by atoms with E-state index in [0.717, 1.165) is 6.07 Å². The van der Waals surface area contributed by atoms with Gasteiger partial charge in [-0.1, -0.05) is 37.9 Å². The maximum Gasteiger partial charge on any atom is 0.146 e. The van der Waals surface area contributed by atoms with E-state index in [1.807, 2.05) is 13.8 Å². The van der Waals surface area contributed by atoms with Crippen LogP contribution in [0.15, 0.2) is 42.5 Å². The summed E-state index contributed by atoms with van der Waals surface area (Å²) in [6.45, 7) is 5.81. The summed E-state index contributed by atoms with van der Waals surface area (Å²) in [6, 6.07) is 9.86. The topological polar surface area (TPSA) is 21.3 Å². The number of ether oxygens (including phenoxy) is 1. The van der Waals surface area contributed by atoms with Crippen molar-refractivity contribution in [3.63, 3.8) is 0 Å². The Morgan fingerprint density at radius 1 is 1.08 bits per heavy atom. The summed E-state index contributed by atoms with van der Waals surface area (Å²) < 4.78 is 49.6. The first kappa shape index (κ1) is 19.7. The van der Waals surface area contributed by atoms with E-state index in [1.165, 1.54) is 31.0 Å². The fourth-order valence-corrected chi connectivity index (χ4v) is 2.89. The fourth-order valence-electron chi connectivity index (χ4n) is 2.21. The summed E-state index contributed by atoms with van der Waals surface area (Å²) in [7, 11) is 0. The van der Waals surface area contributed by atoms with Crippen LogP contribution in [0.25, 0.3) is 0 Å². The van der Waals surface area contributed by atoms with E-state index >= 15 is 0 Å². The van der Waals surface area contributed by atoms with E-state index in [4.69, 9.17) is 4.74 Å². The highest BCUT2D eigenvalue weighted by atomic mass is 32.2. The Balaban J connectivity index is 1.94. The van der Waals surface area contributed by atoms with Gasteiger partial charge in [0.15, 0.2) is 0 Å². The smallest absolute Gasteiger partial charge is 0.146 e. The molecule has 0 aromatic heterocycles. The zero-order chi connectivity index (χ0) is 18.4. The van der Waals surface area contributed by atoms with Gasteiger partial charge in [0.1, 0.15) is 29.7 Å². The van der Waals surface area contributed by atoms with Crippen LogP contribution < -0.4 is 9.46 Å². The second-order valence-electron chi connectivity index (χ2n) is 6.28. The van der Waals surface area contributed by atoms with Crippen LogP contribution in [0.2, 0.25) is 0 Å². The van der Waals surface area contributed by atoms with Gasteiger partial charge < -0.3 is 4.74 Å². The van der Waals surface area contributed by atoms with Gasteiger partial charge in [-0.05, 0) is 42.3 Å². The molecule has 2 aromatic carbocycles. The lowest BCUT2D eigenvalue weighted by atomic mass is 9.98. The monoisotopic (exact) mass is 369 g/mol. The molecule has 0 amide bonds. The first-order valence-electron chi connectivity index (χ1n) is 8.02. The van der Waals surface area contributed by atoms with Crippen molar-refractivity contribution in [2.24, 2.45) is 0 Å². The molecular formula is C19H22F3NOS. The van der Waals surface area contributed by atoms with Crippen LogP contribution in [-0.4, -0.2) is 11.8 Å². The minimum absolute atomic E-state index is 0.0352. The summed E-state index contributed by atoms with van der Waals surface area (Å²) in [5, 5.41) is 0.374. The Morgan fingerprint density at radius 3 is 2.24 bits per heavy atom. The van der Waals surface area contributed by atoms with Crippen LogP contribution in [0.5, 0.6) is 5.75 Å². The molecule has 0 aliphatic heterocycles. The predicted molar refractivity (Wildman–Crippen MR) is 96.3 cm³/mol. The highest BCUT2D eigenvalue weighted by Crippen LogP contribution is 2.27. The standard InChI is InChI=1S/C19H22F3NOS/c1-13(2)25-23-12-19(3,22)15-4-6-18(7-5-15)24-11-14-8-16(20)10-17(21)9-14/h4-10,13,23H,11-12H2,1-3H3. The zero-order valence-corrected chi connectivity index (χ0v) is 15.3. The van der Waals surface area contributed by atoms with Crippen molar-refractivity contribution in [3.8, 4) is 5.75 Å². The summed E-state index contributed by atoms with van der Waals surface area (Å²) in [4.78, 5) is 0. The molecule has 0 aliphatic rings. The average molecular weight is 369 g/mol. The van der Waals surface area contributed by atoms with E-state index < -0.39 is 17.3 Å². The van der Waals surface area contributed by atoms with Crippen LogP contribution in [0.3, 0.4) is 0 Å². The molecule has 0 fully saturated rings. The van der Waals surface area contributed by atoms with E-state index in [-0.39, 0.29) is 13.2 Å². The van der Waals surface area contributed by atoms with Crippen LogP contribution in [0.1, 0.15) is 31.9 Å². The molecule has 0 radical (unpaired) electrons. The van der Waals surface area contributed by atoms with Gasteiger partial charge >= 0.3 is 0 Å². The van der Waals surface area contributed by atoms with Crippen molar-refractivity contribution in [2.75, 3.05) is 6.54 Å². The van der Waals surface area contributed by atoms with Crippen LogP contribution in [-0.2, 0) is 12.3 Å². The molecule has 2 aromatic rings. The van der Waals surface area contributed by atoms with Crippen molar-refractivity contribution in [1.29, 1.82) is 0 Å². The second kappa shape index (κ2) is 8.63. The lowest BCUT2D eigenvalue weighted by Gasteiger charge is -2.22. The Labute approximate surface area is 150 Å². The number of hydrogen-bond donors (Lipinski definition) is 1. The maximum absolute atomic E-state index is 14.7. The molecule has 0 bridgehead atoms. The number of halogens is 3. The molecule has 0 aliphatic carbocycles. The van der Waals surface area contributed by atoms with Crippen LogP contribution in [0, 0.1) is 11.6 Å². The third-order valence-corrected chi connectivity index (χ3v) is 4.29. The molecule has 2 rings (SSSR count). The molecule has 6 heteroatoms. The predicted octanol–water partition coefficient (Wildman–Crippen LogP) is 5.37. The molecule has 1 atom stereocenters. The number of nitrogens with one attached hydrogen (secondary N) is 1. The lowest BCUT2D eigenvalue weighted by Crippen LogP contribution is -2.29. The van der Waals surface area contributed by atoms with Crippen molar-refractivity contribution in [3.05, 3.63) is 65.2 Å². The number of alkyl halides is 1. The van der Waals surface area contributed by atoms with Gasteiger partial charge in [-0.15, -0.1) is 0 Å². The Morgan fingerprint density at radius 2 is 1.68 bits per heavy atom. The Bertz CT molecular complexity index is 669. The molecule has 0 saturated carbocycles. The fraction of sp³-hybridized carbons (Fsp3) is 0.368. The lowest BCUT2D eigenvalue weighted by molar-refractivity contribution is 0.198. The third kappa shape index (κ3) is 6.29. The van der Waals surface area contributed by atoms with Crippen LogP contribution >= 0.6 is 11.9 Å². The van der Waals surface area contributed by atoms with Gasteiger partial charge in [0.2, 0.25) is 0 Å². The first-order chi connectivity index (χ1) is 11.8. The first-order valence-corrected chi connectivity index (χ1v) is 8.90. The van der Waals surface area contributed by atoms with Crippen LogP contribution in [0.4, 0.5) is 13.2 Å². The molecule has 0 heterocycles. The van der Waals surface area contributed by atoms with Crippen molar-refractivity contribution < 1.29 is 17.9 Å². The average Bonchev–Trinajstić information content (AvgIpc) is 2.52. The molecule has 0 spiro atoms. The van der Waals surface area contributed by atoms with Gasteiger partial charge in [0, 0.05) is 17.9 Å². The summed E-state index contributed by atoms with van der Waals surface area (Å²) in [5.74, 6) is -0.781. The summed E-state index contributed by atoms with van der Waals surface area (Å²) in [5.41, 5.74) is -0.577. The molecule has 1 unspecified atom stereocenters. The summed E-state index contributed by atoms with van der Waals surface area (Å²) >= 11 is 1.49. The maximum atomic E-state index is 14.7. The van der Waals surface area contributed by atoms with Gasteiger partial charge in [0.05, 0.1) is 0 Å². The van der Waals surface area contributed by atoms with Gasteiger partial charge in [0.25, 0.3) is 0 Å². The Kier molecular flexibility index (Phi) is 6.79. The highest BCUT2D eigenvalue weighted by molar-refractivity contribution is 7.97. The number of rotatable bonds is 8. The molecule has 1 N–H and O–H groups in total. The minimum Gasteiger partial charge on any atom is -0.489 e. The summed E-state index contributed by atoms with van der Waals surface area (Å²) in [6.07, 6.45) is 0. The minimum atomic E-state index is -1.51. The van der Waals surface area contributed by atoms with E-state index in [2.05, 4.69) is 4.72 Å². The quantitative estimate of drug-likeness (QED) is 0.632. The van der Waals surface area contributed by atoms with Crippen molar-refractivity contribution in [1.82, 2.24) is 4.72 Å².